The topological polar surface area (TPSA) is 20.2 Å². The van der Waals surface area contributed by atoms with Crippen molar-refractivity contribution in [1.82, 2.24) is 0 Å². The lowest BCUT2D eigenvalue weighted by Gasteiger charge is -1.95. The van der Waals surface area contributed by atoms with E-state index in [1.54, 1.807) is 0 Å². The third-order valence-corrected chi connectivity index (χ3v) is 1.57. The van der Waals surface area contributed by atoms with Crippen LogP contribution in [0, 0.1) is 5.92 Å². The standard InChI is InChI=1S/C6H14.C5H12O/c1-4-5-6(2)3;1-3-4-5(2)6/h6H,4-5H2,1-3H3;5-6H,3-4H2,1-2H3. The zero-order valence-electron chi connectivity index (χ0n) is 9.43. The number of rotatable bonds is 4. The molecule has 76 valence electrons. The Bertz CT molecular complexity index is 57.4. The maximum absolute atomic E-state index is 8.55. The van der Waals surface area contributed by atoms with Crippen molar-refractivity contribution in [2.75, 3.05) is 0 Å². The number of aliphatic hydroxyl groups excluding tert-OH is 1. The third-order valence-electron chi connectivity index (χ3n) is 1.57. The van der Waals surface area contributed by atoms with E-state index in [-0.39, 0.29) is 6.10 Å². The highest BCUT2D eigenvalue weighted by Crippen LogP contribution is 2.00. The molecule has 0 rings (SSSR count). The highest BCUT2D eigenvalue weighted by atomic mass is 16.3. The molecular formula is C11H26O. The van der Waals surface area contributed by atoms with Gasteiger partial charge in [-0.2, -0.15) is 0 Å². The lowest BCUT2D eigenvalue weighted by Crippen LogP contribution is -1.95. The zero-order valence-corrected chi connectivity index (χ0v) is 9.43. The van der Waals surface area contributed by atoms with Gasteiger partial charge in [-0.05, 0) is 19.3 Å². The van der Waals surface area contributed by atoms with E-state index in [2.05, 4.69) is 27.7 Å². The summed E-state index contributed by atoms with van der Waals surface area (Å²) in [6, 6.07) is 0. The number of hydrogen-bond acceptors (Lipinski definition) is 1. The summed E-state index contributed by atoms with van der Waals surface area (Å²) in [4.78, 5) is 0. The minimum absolute atomic E-state index is 0.102. The third kappa shape index (κ3) is 22.5. The first-order chi connectivity index (χ1) is 5.54. The van der Waals surface area contributed by atoms with Crippen molar-refractivity contribution in [3.05, 3.63) is 0 Å². The molecule has 0 aliphatic heterocycles. The summed E-state index contributed by atoms with van der Waals surface area (Å²) in [5.74, 6) is 0.898. The zero-order chi connectivity index (χ0) is 9.98. The first-order valence-corrected chi connectivity index (χ1v) is 5.22. The van der Waals surface area contributed by atoms with Crippen molar-refractivity contribution in [3.8, 4) is 0 Å². The fourth-order valence-electron chi connectivity index (χ4n) is 0.995. The van der Waals surface area contributed by atoms with Crippen LogP contribution in [0.3, 0.4) is 0 Å². The van der Waals surface area contributed by atoms with Crippen molar-refractivity contribution >= 4 is 0 Å². The predicted molar refractivity (Wildman–Crippen MR) is 56.3 cm³/mol. The molecule has 0 aliphatic carbocycles. The molecule has 0 saturated heterocycles. The summed E-state index contributed by atoms with van der Waals surface area (Å²) in [5, 5.41) is 8.55. The summed E-state index contributed by atoms with van der Waals surface area (Å²) in [6.07, 6.45) is 4.62. The molecule has 0 heterocycles. The molecule has 1 nitrogen and oxygen atoms in total. The summed E-state index contributed by atoms with van der Waals surface area (Å²) < 4.78 is 0. The van der Waals surface area contributed by atoms with Crippen LogP contribution in [0.15, 0.2) is 0 Å². The van der Waals surface area contributed by atoms with Gasteiger partial charge >= 0.3 is 0 Å². The Hall–Kier alpha value is -0.0400. The molecule has 0 amide bonds. The van der Waals surface area contributed by atoms with Crippen LogP contribution in [0.5, 0.6) is 0 Å². The summed E-state index contributed by atoms with van der Waals surface area (Å²) in [5.41, 5.74) is 0. The fraction of sp³-hybridized carbons (Fsp3) is 1.00. The molecular weight excluding hydrogens is 148 g/mol. The molecule has 1 unspecified atom stereocenters. The Morgan fingerprint density at radius 2 is 1.33 bits per heavy atom. The minimum atomic E-state index is -0.102. The molecule has 0 aromatic rings. The molecule has 0 saturated carbocycles. The van der Waals surface area contributed by atoms with Gasteiger partial charge in [0.2, 0.25) is 0 Å². The fourth-order valence-corrected chi connectivity index (χ4v) is 0.995. The van der Waals surface area contributed by atoms with E-state index < -0.39 is 0 Å². The monoisotopic (exact) mass is 174 g/mol. The second-order valence-electron chi connectivity index (χ2n) is 3.82. The van der Waals surface area contributed by atoms with Crippen LogP contribution in [0.2, 0.25) is 0 Å². The van der Waals surface area contributed by atoms with Crippen molar-refractivity contribution in [2.45, 2.75) is 66.4 Å². The van der Waals surface area contributed by atoms with Crippen LogP contribution in [0.1, 0.15) is 60.3 Å². The van der Waals surface area contributed by atoms with E-state index in [0.717, 1.165) is 18.8 Å². The number of aliphatic hydroxyl groups is 1. The molecule has 1 atom stereocenters. The lowest BCUT2D eigenvalue weighted by atomic mass is 10.1. The van der Waals surface area contributed by atoms with Gasteiger partial charge in [0.1, 0.15) is 0 Å². The summed E-state index contributed by atoms with van der Waals surface area (Å²) in [7, 11) is 0. The van der Waals surface area contributed by atoms with Crippen LogP contribution in [0.4, 0.5) is 0 Å². The van der Waals surface area contributed by atoms with Crippen LogP contribution in [0.25, 0.3) is 0 Å². The first kappa shape index (κ1) is 14.5. The summed E-state index contributed by atoms with van der Waals surface area (Å²) in [6.45, 7) is 10.6. The second-order valence-corrected chi connectivity index (χ2v) is 3.82. The van der Waals surface area contributed by atoms with Crippen LogP contribution in [-0.4, -0.2) is 11.2 Å². The van der Waals surface area contributed by atoms with Gasteiger partial charge in [0.25, 0.3) is 0 Å². The molecule has 0 radical (unpaired) electrons. The van der Waals surface area contributed by atoms with Crippen molar-refractivity contribution in [1.29, 1.82) is 0 Å². The van der Waals surface area contributed by atoms with Gasteiger partial charge in [-0.15, -0.1) is 0 Å². The molecule has 0 spiro atoms. The van der Waals surface area contributed by atoms with E-state index in [0.29, 0.717) is 0 Å². The highest BCUT2D eigenvalue weighted by Gasteiger charge is 1.87. The smallest absolute Gasteiger partial charge is 0.0512 e. The molecule has 0 fully saturated rings. The van der Waals surface area contributed by atoms with Gasteiger partial charge in [-0.1, -0.05) is 47.0 Å². The van der Waals surface area contributed by atoms with Gasteiger partial charge in [-0.25, -0.2) is 0 Å². The van der Waals surface area contributed by atoms with Gasteiger partial charge in [0.15, 0.2) is 0 Å². The second kappa shape index (κ2) is 11.0. The van der Waals surface area contributed by atoms with E-state index in [1.807, 2.05) is 6.92 Å². The highest BCUT2D eigenvalue weighted by molar-refractivity contribution is 4.40. The lowest BCUT2D eigenvalue weighted by molar-refractivity contribution is 0.183. The van der Waals surface area contributed by atoms with E-state index in [9.17, 15) is 0 Å². The van der Waals surface area contributed by atoms with E-state index in [4.69, 9.17) is 5.11 Å². The van der Waals surface area contributed by atoms with Crippen LogP contribution in [-0.2, 0) is 0 Å². The average molecular weight is 174 g/mol. The Morgan fingerprint density at radius 1 is 0.917 bits per heavy atom. The maximum atomic E-state index is 8.55. The van der Waals surface area contributed by atoms with E-state index >= 15 is 0 Å². The SMILES string of the molecule is CCCC(C)C.CCCC(C)O. The normalized spacial score (nSPS) is 12.2. The number of hydrogen-bond donors (Lipinski definition) is 1. The molecule has 0 bridgehead atoms. The van der Waals surface area contributed by atoms with Crippen molar-refractivity contribution in [3.63, 3.8) is 0 Å². The maximum Gasteiger partial charge on any atom is 0.0512 e. The molecule has 12 heavy (non-hydrogen) atoms. The quantitative estimate of drug-likeness (QED) is 0.690. The predicted octanol–water partition coefficient (Wildman–Crippen LogP) is 3.61. The molecule has 0 aliphatic rings. The van der Waals surface area contributed by atoms with Crippen molar-refractivity contribution < 1.29 is 5.11 Å². The van der Waals surface area contributed by atoms with Gasteiger partial charge in [0, 0.05) is 0 Å². The van der Waals surface area contributed by atoms with E-state index in [1.165, 1.54) is 12.8 Å². The van der Waals surface area contributed by atoms with Crippen LogP contribution < -0.4 is 0 Å². The molecule has 1 N–H and O–H groups in total. The van der Waals surface area contributed by atoms with Crippen LogP contribution >= 0.6 is 0 Å². The molecule has 0 aromatic carbocycles. The van der Waals surface area contributed by atoms with Crippen molar-refractivity contribution in [2.24, 2.45) is 5.92 Å². The molecule has 1 heteroatoms. The Kier molecular flexibility index (Phi) is 13.2. The average Bonchev–Trinajstić information content (AvgIpc) is 1.87. The van der Waals surface area contributed by atoms with Gasteiger partial charge in [0.05, 0.1) is 6.10 Å². The Labute approximate surface area is 78.2 Å². The Balaban J connectivity index is 0. The largest absolute Gasteiger partial charge is 0.393 e. The summed E-state index contributed by atoms with van der Waals surface area (Å²) >= 11 is 0. The van der Waals surface area contributed by atoms with Gasteiger partial charge in [-0.3, -0.25) is 0 Å². The molecule has 0 aromatic heterocycles. The van der Waals surface area contributed by atoms with Gasteiger partial charge < -0.3 is 5.11 Å². The first-order valence-electron chi connectivity index (χ1n) is 5.22. The minimum Gasteiger partial charge on any atom is -0.393 e. The Morgan fingerprint density at radius 3 is 1.33 bits per heavy atom.